The Bertz CT molecular complexity index is 661. The number of hydrogen-bond acceptors (Lipinski definition) is 4. The Morgan fingerprint density at radius 2 is 2.05 bits per heavy atom. The lowest BCUT2D eigenvalue weighted by Crippen LogP contribution is -2.11. The molecule has 0 aliphatic rings. The topological polar surface area (TPSA) is 106 Å². The van der Waals surface area contributed by atoms with E-state index in [4.69, 9.17) is 15.3 Å². The fraction of sp³-hybridized carbons (Fsp3) is 0.143. The smallest absolute Gasteiger partial charge is 0.335 e. The fourth-order valence-electron chi connectivity index (χ4n) is 1.78. The Hall–Kier alpha value is -2.60. The molecular weight excluding hydrogens is 260 g/mol. The monoisotopic (exact) mass is 274 g/mol. The van der Waals surface area contributed by atoms with Crippen LogP contribution >= 0.6 is 0 Å². The van der Waals surface area contributed by atoms with E-state index in [0.717, 1.165) is 0 Å². The number of carboxylic acid groups (broad SMARTS) is 1. The molecule has 1 aromatic heterocycles. The van der Waals surface area contributed by atoms with Gasteiger partial charge in [-0.3, -0.25) is 4.79 Å². The highest BCUT2D eigenvalue weighted by atomic mass is 16.4. The minimum absolute atomic E-state index is 0.158. The van der Waals surface area contributed by atoms with Crippen molar-refractivity contribution in [2.24, 2.45) is 5.73 Å². The third kappa shape index (κ3) is 2.86. The first-order chi connectivity index (χ1) is 9.51. The molecule has 0 spiro atoms. The molecule has 0 radical (unpaired) electrons. The van der Waals surface area contributed by atoms with Crippen LogP contribution in [0, 0.1) is 6.92 Å². The first-order valence-electron chi connectivity index (χ1n) is 5.95. The number of aromatic carboxylic acids is 1. The van der Waals surface area contributed by atoms with Gasteiger partial charge in [0.1, 0.15) is 5.76 Å². The number of anilines is 1. The number of carbonyl (C=O) groups excluding carboxylic acids is 1. The van der Waals surface area contributed by atoms with Gasteiger partial charge in [0, 0.05) is 5.69 Å². The van der Waals surface area contributed by atoms with Crippen molar-refractivity contribution in [3.8, 4) is 0 Å². The molecule has 6 nitrogen and oxygen atoms in total. The van der Waals surface area contributed by atoms with Gasteiger partial charge in [-0.05, 0) is 42.8 Å². The van der Waals surface area contributed by atoms with Crippen LogP contribution in [-0.2, 0) is 6.54 Å². The van der Waals surface area contributed by atoms with Crippen molar-refractivity contribution in [2.45, 2.75) is 13.5 Å². The number of aryl methyl sites for hydroxylation is 1. The molecule has 0 unspecified atom stereocenters. The van der Waals surface area contributed by atoms with Gasteiger partial charge < -0.3 is 20.6 Å². The summed E-state index contributed by atoms with van der Waals surface area (Å²) in [4.78, 5) is 22.8. The molecule has 2 rings (SSSR count). The predicted molar refractivity (Wildman–Crippen MR) is 72.7 cm³/mol. The van der Waals surface area contributed by atoms with Gasteiger partial charge in [0.15, 0.2) is 5.76 Å². The molecule has 0 atom stereocenters. The lowest BCUT2D eigenvalue weighted by atomic mass is 10.1. The van der Waals surface area contributed by atoms with Crippen LogP contribution in [0.5, 0.6) is 0 Å². The highest BCUT2D eigenvalue weighted by Crippen LogP contribution is 2.17. The van der Waals surface area contributed by atoms with Crippen LogP contribution < -0.4 is 11.1 Å². The Balaban J connectivity index is 2.15. The third-order valence-electron chi connectivity index (χ3n) is 2.80. The highest BCUT2D eigenvalue weighted by molar-refractivity contribution is 6.02. The molecule has 20 heavy (non-hydrogen) atoms. The minimum Gasteiger partial charge on any atom is -0.478 e. The van der Waals surface area contributed by atoms with Gasteiger partial charge in [0.25, 0.3) is 5.91 Å². The first-order valence-corrected chi connectivity index (χ1v) is 5.95. The second-order valence-electron chi connectivity index (χ2n) is 4.26. The molecule has 0 fully saturated rings. The van der Waals surface area contributed by atoms with Crippen LogP contribution in [0.1, 0.15) is 32.2 Å². The second-order valence-corrected chi connectivity index (χ2v) is 4.26. The Kier molecular flexibility index (Phi) is 3.86. The van der Waals surface area contributed by atoms with Crippen molar-refractivity contribution in [1.29, 1.82) is 0 Å². The van der Waals surface area contributed by atoms with Crippen molar-refractivity contribution in [2.75, 3.05) is 5.32 Å². The first kappa shape index (κ1) is 13.8. The molecule has 6 heteroatoms. The van der Waals surface area contributed by atoms with Crippen LogP contribution in [0.2, 0.25) is 0 Å². The van der Waals surface area contributed by atoms with E-state index >= 15 is 0 Å². The van der Waals surface area contributed by atoms with Gasteiger partial charge in [-0.25, -0.2) is 4.79 Å². The van der Waals surface area contributed by atoms with Crippen molar-refractivity contribution in [3.05, 3.63) is 53.0 Å². The SMILES string of the molecule is Cc1cc(NC(=O)c2ccc(CN)o2)ccc1C(=O)O. The summed E-state index contributed by atoms with van der Waals surface area (Å²) >= 11 is 0. The van der Waals surface area contributed by atoms with Crippen LogP contribution in [0.25, 0.3) is 0 Å². The largest absolute Gasteiger partial charge is 0.478 e. The summed E-state index contributed by atoms with van der Waals surface area (Å²) in [5.74, 6) is -0.732. The van der Waals surface area contributed by atoms with E-state index in [1.807, 2.05) is 0 Å². The van der Waals surface area contributed by atoms with Gasteiger partial charge in [-0.15, -0.1) is 0 Å². The van der Waals surface area contributed by atoms with Crippen LogP contribution in [0.4, 0.5) is 5.69 Å². The van der Waals surface area contributed by atoms with Crippen molar-refractivity contribution in [1.82, 2.24) is 0 Å². The van der Waals surface area contributed by atoms with E-state index in [0.29, 0.717) is 17.0 Å². The summed E-state index contributed by atoms with van der Waals surface area (Å²) in [7, 11) is 0. The Morgan fingerprint density at radius 1 is 1.30 bits per heavy atom. The zero-order chi connectivity index (χ0) is 14.7. The average Bonchev–Trinajstić information content (AvgIpc) is 2.87. The molecule has 104 valence electrons. The van der Waals surface area contributed by atoms with E-state index in [9.17, 15) is 9.59 Å². The number of carboxylic acids is 1. The molecule has 0 aliphatic heterocycles. The molecule has 0 saturated carbocycles. The van der Waals surface area contributed by atoms with E-state index in [-0.39, 0.29) is 17.9 Å². The van der Waals surface area contributed by atoms with Crippen molar-refractivity contribution in [3.63, 3.8) is 0 Å². The number of benzene rings is 1. The number of nitrogens with one attached hydrogen (secondary N) is 1. The predicted octanol–water partition coefficient (Wildman–Crippen LogP) is 2.00. The molecule has 0 aliphatic carbocycles. The molecule has 4 N–H and O–H groups in total. The maximum Gasteiger partial charge on any atom is 0.335 e. The van der Waals surface area contributed by atoms with Gasteiger partial charge in [0.05, 0.1) is 12.1 Å². The van der Waals surface area contributed by atoms with Gasteiger partial charge >= 0.3 is 5.97 Å². The minimum atomic E-state index is -1.00. The normalized spacial score (nSPS) is 10.3. The number of furan rings is 1. The summed E-state index contributed by atoms with van der Waals surface area (Å²) in [5, 5.41) is 11.6. The van der Waals surface area contributed by atoms with Crippen LogP contribution in [0.15, 0.2) is 34.7 Å². The number of rotatable bonds is 4. The summed E-state index contributed by atoms with van der Waals surface area (Å²) in [5.41, 5.74) is 6.67. The van der Waals surface area contributed by atoms with Gasteiger partial charge in [0.2, 0.25) is 0 Å². The Labute approximate surface area is 115 Å². The third-order valence-corrected chi connectivity index (χ3v) is 2.80. The standard InChI is InChI=1S/C14H14N2O4/c1-8-6-9(2-4-11(8)14(18)19)16-13(17)12-5-3-10(7-15)20-12/h2-6H,7,15H2,1H3,(H,16,17)(H,18,19). The van der Waals surface area contributed by atoms with Gasteiger partial charge in [-0.2, -0.15) is 0 Å². The van der Waals surface area contributed by atoms with Crippen LogP contribution in [-0.4, -0.2) is 17.0 Å². The Morgan fingerprint density at radius 3 is 2.60 bits per heavy atom. The zero-order valence-electron chi connectivity index (χ0n) is 10.8. The van der Waals surface area contributed by atoms with Crippen molar-refractivity contribution < 1.29 is 19.1 Å². The second kappa shape index (κ2) is 5.58. The number of nitrogens with two attached hydrogens (primary N) is 1. The lowest BCUT2D eigenvalue weighted by Gasteiger charge is -2.06. The van der Waals surface area contributed by atoms with E-state index in [2.05, 4.69) is 5.32 Å². The molecule has 0 bridgehead atoms. The van der Waals surface area contributed by atoms with E-state index in [1.165, 1.54) is 18.2 Å². The molecule has 1 amide bonds. The summed E-state index contributed by atoms with van der Waals surface area (Å²) in [6, 6.07) is 7.74. The zero-order valence-corrected chi connectivity index (χ0v) is 10.8. The molecule has 1 aromatic carbocycles. The quantitative estimate of drug-likeness (QED) is 0.790. The maximum absolute atomic E-state index is 11.9. The number of carbonyl (C=O) groups is 2. The number of amides is 1. The van der Waals surface area contributed by atoms with E-state index in [1.54, 1.807) is 19.1 Å². The molecule has 2 aromatic rings. The van der Waals surface area contributed by atoms with Crippen LogP contribution in [0.3, 0.4) is 0 Å². The molecular formula is C14H14N2O4. The number of hydrogen-bond donors (Lipinski definition) is 3. The molecule has 1 heterocycles. The van der Waals surface area contributed by atoms with Crippen molar-refractivity contribution >= 4 is 17.6 Å². The average molecular weight is 274 g/mol. The summed E-state index contributed by atoms with van der Waals surface area (Å²) < 4.78 is 5.23. The summed E-state index contributed by atoms with van der Waals surface area (Å²) in [6.07, 6.45) is 0. The lowest BCUT2D eigenvalue weighted by molar-refractivity contribution is 0.0696. The highest BCUT2D eigenvalue weighted by Gasteiger charge is 2.12. The van der Waals surface area contributed by atoms with Gasteiger partial charge in [-0.1, -0.05) is 0 Å². The fourth-order valence-corrected chi connectivity index (χ4v) is 1.78. The summed E-state index contributed by atoms with van der Waals surface area (Å²) in [6.45, 7) is 1.89. The molecule has 0 saturated heterocycles. The maximum atomic E-state index is 11.9. The van der Waals surface area contributed by atoms with E-state index < -0.39 is 11.9 Å².